The molecule has 5 nitrogen and oxygen atoms in total. The third-order valence-corrected chi connectivity index (χ3v) is 5.18. The van der Waals surface area contributed by atoms with Gasteiger partial charge < -0.3 is 9.80 Å². The van der Waals surface area contributed by atoms with Crippen LogP contribution in [0.5, 0.6) is 0 Å². The quantitative estimate of drug-likeness (QED) is 0.677. The lowest BCUT2D eigenvalue weighted by atomic mass is 10.1. The molecule has 1 atom stereocenters. The number of hydrogen-bond acceptors (Lipinski definition) is 4. The number of benzene rings is 1. The Balaban J connectivity index is 1.47. The van der Waals surface area contributed by atoms with E-state index in [-0.39, 0.29) is 11.9 Å². The Morgan fingerprint density at radius 2 is 1.89 bits per heavy atom. The van der Waals surface area contributed by atoms with E-state index in [4.69, 9.17) is 0 Å². The van der Waals surface area contributed by atoms with Crippen molar-refractivity contribution in [3.8, 4) is 0 Å². The van der Waals surface area contributed by atoms with Crippen LogP contribution >= 0.6 is 0 Å². The van der Waals surface area contributed by atoms with Crippen molar-refractivity contribution in [2.24, 2.45) is 0 Å². The summed E-state index contributed by atoms with van der Waals surface area (Å²) in [6, 6.07) is 20.1. The Kier molecular flexibility index (Phi) is 5.33. The second-order valence-corrected chi connectivity index (χ2v) is 7.16. The number of rotatable bonds is 5. The zero-order valence-corrected chi connectivity index (χ0v) is 16.0. The molecule has 0 N–H and O–H groups in total. The number of aromatic nitrogens is 2. The minimum absolute atomic E-state index is 0.0226. The number of hydrogen-bond donors (Lipinski definition) is 0. The van der Waals surface area contributed by atoms with Crippen LogP contribution in [0.2, 0.25) is 0 Å². The number of nitrogens with zero attached hydrogens (tertiary/aromatic N) is 4. The van der Waals surface area contributed by atoms with Crippen LogP contribution in [0, 0.1) is 0 Å². The summed E-state index contributed by atoms with van der Waals surface area (Å²) in [4.78, 5) is 25.8. The molecule has 3 aromatic rings. The highest BCUT2D eigenvalue weighted by molar-refractivity contribution is 5.93. The molecule has 28 heavy (non-hydrogen) atoms. The topological polar surface area (TPSA) is 49.3 Å². The van der Waals surface area contributed by atoms with E-state index in [1.54, 1.807) is 11.1 Å². The molecule has 4 rings (SSSR count). The van der Waals surface area contributed by atoms with Gasteiger partial charge in [-0.3, -0.25) is 9.78 Å². The third kappa shape index (κ3) is 3.88. The fourth-order valence-corrected chi connectivity index (χ4v) is 3.75. The van der Waals surface area contributed by atoms with Gasteiger partial charge in [-0.2, -0.15) is 0 Å². The van der Waals surface area contributed by atoms with Crippen molar-refractivity contribution in [2.75, 3.05) is 18.5 Å². The maximum atomic E-state index is 12.7. The van der Waals surface area contributed by atoms with Gasteiger partial charge in [0.1, 0.15) is 5.82 Å². The Bertz CT molecular complexity index is 912. The van der Waals surface area contributed by atoms with E-state index >= 15 is 0 Å². The van der Waals surface area contributed by atoms with E-state index in [0.717, 1.165) is 36.5 Å². The standard InChI is InChI=1S/C23H24N4O/c1-26(17-18-8-3-2-4-9-18)23(28)19-12-13-22(25-16-19)27-15-7-11-21(27)20-10-5-6-14-24-20/h2-6,8-10,12-14,16,21H,7,11,15,17H2,1H3. The second-order valence-electron chi connectivity index (χ2n) is 7.16. The highest BCUT2D eigenvalue weighted by atomic mass is 16.2. The highest BCUT2D eigenvalue weighted by Crippen LogP contribution is 2.34. The Morgan fingerprint density at radius 1 is 1.07 bits per heavy atom. The number of carbonyl (C=O) groups is 1. The SMILES string of the molecule is CN(Cc1ccccc1)C(=O)c1ccc(N2CCCC2c2ccccn2)nc1. The predicted molar refractivity (Wildman–Crippen MR) is 110 cm³/mol. The molecular formula is C23H24N4O. The van der Waals surface area contributed by atoms with E-state index < -0.39 is 0 Å². The Morgan fingerprint density at radius 3 is 2.61 bits per heavy atom. The molecule has 1 fully saturated rings. The van der Waals surface area contributed by atoms with Gasteiger partial charge in [0.15, 0.2) is 0 Å². The lowest BCUT2D eigenvalue weighted by molar-refractivity contribution is 0.0784. The van der Waals surface area contributed by atoms with Gasteiger partial charge in [0.05, 0.1) is 17.3 Å². The smallest absolute Gasteiger partial charge is 0.255 e. The van der Waals surface area contributed by atoms with Crippen molar-refractivity contribution in [2.45, 2.75) is 25.4 Å². The van der Waals surface area contributed by atoms with Crippen LogP contribution in [0.25, 0.3) is 0 Å². The molecule has 142 valence electrons. The van der Waals surface area contributed by atoms with Crippen molar-refractivity contribution in [3.63, 3.8) is 0 Å². The molecule has 1 aliphatic rings. The zero-order valence-electron chi connectivity index (χ0n) is 16.0. The lowest BCUT2D eigenvalue weighted by Crippen LogP contribution is -2.27. The summed E-state index contributed by atoms with van der Waals surface area (Å²) in [6.45, 7) is 1.53. The molecule has 0 bridgehead atoms. The van der Waals surface area contributed by atoms with Crippen molar-refractivity contribution in [1.82, 2.24) is 14.9 Å². The summed E-state index contributed by atoms with van der Waals surface area (Å²) in [5.74, 6) is 0.876. The summed E-state index contributed by atoms with van der Waals surface area (Å²) in [7, 11) is 1.82. The van der Waals surface area contributed by atoms with E-state index in [2.05, 4.69) is 20.9 Å². The molecule has 1 amide bonds. The van der Waals surface area contributed by atoms with Crippen molar-refractivity contribution >= 4 is 11.7 Å². The molecule has 1 saturated heterocycles. The zero-order chi connectivity index (χ0) is 19.3. The van der Waals surface area contributed by atoms with E-state index in [9.17, 15) is 4.79 Å². The molecular weight excluding hydrogens is 348 g/mol. The van der Waals surface area contributed by atoms with Gasteiger partial charge in [-0.15, -0.1) is 0 Å². The van der Waals surface area contributed by atoms with Gasteiger partial charge in [-0.1, -0.05) is 36.4 Å². The average Bonchev–Trinajstić information content (AvgIpc) is 3.24. The van der Waals surface area contributed by atoms with Crippen LogP contribution in [-0.4, -0.2) is 34.4 Å². The molecule has 1 unspecified atom stereocenters. The molecule has 0 aliphatic carbocycles. The lowest BCUT2D eigenvalue weighted by Gasteiger charge is -2.25. The van der Waals surface area contributed by atoms with Crippen LogP contribution in [0.4, 0.5) is 5.82 Å². The first-order valence-corrected chi connectivity index (χ1v) is 9.65. The first-order chi connectivity index (χ1) is 13.7. The fourth-order valence-electron chi connectivity index (χ4n) is 3.75. The summed E-state index contributed by atoms with van der Waals surface area (Å²) in [6.07, 6.45) is 5.71. The molecule has 0 saturated carbocycles. The highest BCUT2D eigenvalue weighted by Gasteiger charge is 2.28. The molecule has 3 heterocycles. The number of amides is 1. The molecule has 1 aliphatic heterocycles. The minimum Gasteiger partial charge on any atom is -0.348 e. The maximum absolute atomic E-state index is 12.7. The summed E-state index contributed by atoms with van der Waals surface area (Å²) >= 11 is 0. The normalized spacial score (nSPS) is 16.2. The Hall–Kier alpha value is -3.21. The van der Waals surface area contributed by atoms with Crippen molar-refractivity contribution in [1.29, 1.82) is 0 Å². The number of anilines is 1. The van der Waals surface area contributed by atoms with E-state index in [0.29, 0.717) is 12.1 Å². The molecule has 5 heteroatoms. The summed E-state index contributed by atoms with van der Waals surface area (Å²) in [5.41, 5.74) is 2.79. The largest absolute Gasteiger partial charge is 0.348 e. The molecule has 2 aromatic heterocycles. The third-order valence-electron chi connectivity index (χ3n) is 5.18. The van der Waals surface area contributed by atoms with Crippen LogP contribution < -0.4 is 4.90 Å². The van der Waals surface area contributed by atoms with Gasteiger partial charge in [-0.25, -0.2) is 4.98 Å². The second kappa shape index (κ2) is 8.21. The van der Waals surface area contributed by atoms with Crippen molar-refractivity contribution < 1.29 is 4.79 Å². The minimum atomic E-state index is -0.0226. The van der Waals surface area contributed by atoms with E-state index in [1.807, 2.05) is 67.8 Å². The van der Waals surface area contributed by atoms with Crippen LogP contribution in [0.3, 0.4) is 0 Å². The average molecular weight is 372 g/mol. The predicted octanol–water partition coefficient (Wildman–Crippen LogP) is 4.09. The number of pyridine rings is 2. The number of carbonyl (C=O) groups excluding carboxylic acids is 1. The van der Waals surface area contributed by atoms with Gasteiger partial charge in [0.25, 0.3) is 5.91 Å². The first-order valence-electron chi connectivity index (χ1n) is 9.65. The summed E-state index contributed by atoms with van der Waals surface area (Å²) in [5, 5.41) is 0. The molecule has 1 aromatic carbocycles. The van der Waals surface area contributed by atoms with Crippen LogP contribution in [0.1, 0.15) is 40.5 Å². The Labute approximate surface area is 165 Å². The van der Waals surface area contributed by atoms with Gasteiger partial charge >= 0.3 is 0 Å². The monoisotopic (exact) mass is 372 g/mol. The van der Waals surface area contributed by atoms with Crippen molar-refractivity contribution in [3.05, 3.63) is 89.9 Å². The molecule has 0 spiro atoms. The van der Waals surface area contributed by atoms with Gasteiger partial charge in [-0.05, 0) is 42.7 Å². The maximum Gasteiger partial charge on any atom is 0.255 e. The fraction of sp³-hybridized carbons (Fsp3) is 0.261. The van der Waals surface area contributed by atoms with E-state index in [1.165, 1.54) is 0 Å². The van der Waals surface area contributed by atoms with Gasteiger partial charge in [0.2, 0.25) is 0 Å². The summed E-state index contributed by atoms with van der Waals surface area (Å²) < 4.78 is 0. The van der Waals surface area contributed by atoms with Crippen LogP contribution in [-0.2, 0) is 6.54 Å². The first kappa shape index (κ1) is 18.2. The van der Waals surface area contributed by atoms with Gasteiger partial charge in [0, 0.05) is 32.5 Å². The molecule has 0 radical (unpaired) electrons. The van der Waals surface area contributed by atoms with Crippen LogP contribution in [0.15, 0.2) is 73.1 Å².